The van der Waals surface area contributed by atoms with Crippen LogP contribution in [-0.4, -0.2) is 5.11 Å². The van der Waals surface area contributed by atoms with Gasteiger partial charge in [0.25, 0.3) is 0 Å². The van der Waals surface area contributed by atoms with Gasteiger partial charge in [-0.2, -0.15) is 0 Å². The first-order valence-electron chi connectivity index (χ1n) is 8.24. The smallest absolute Gasteiger partial charge is 0.123 e. The Bertz CT molecular complexity index is 1090. The molecule has 4 aromatic rings. The number of phenolic OH excluding ortho intramolecular Hbond substituents is 1. The maximum atomic E-state index is 10.2. The Morgan fingerprint density at radius 1 is 0.542 bits per heavy atom. The molecule has 0 saturated heterocycles. The first kappa shape index (κ1) is 13.4. The Morgan fingerprint density at radius 3 is 2.08 bits per heavy atom. The van der Waals surface area contributed by atoms with Crippen molar-refractivity contribution >= 4 is 10.8 Å². The van der Waals surface area contributed by atoms with E-state index in [0.29, 0.717) is 5.75 Å². The van der Waals surface area contributed by atoms with E-state index >= 15 is 0 Å². The summed E-state index contributed by atoms with van der Waals surface area (Å²) in [6.07, 6.45) is 0.969. The minimum absolute atomic E-state index is 0.338. The molecule has 0 atom stereocenters. The molecule has 0 unspecified atom stereocenters. The van der Waals surface area contributed by atoms with Crippen LogP contribution < -0.4 is 0 Å². The van der Waals surface area contributed by atoms with E-state index in [-0.39, 0.29) is 0 Å². The summed E-state index contributed by atoms with van der Waals surface area (Å²) in [6, 6.07) is 27.1. The van der Waals surface area contributed by atoms with Crippen molar-refractivity contribution in [1.82, 2.24) is 0 Å². The molecule has 0 radical (unpaired) electrons. The summed E-state index contributed by atoms with van der Waals surface area (Å²) in [5.41, 5.74) is 7.91. The van der Waals surface area contributed by atoms with Crippen molar-refractivity contribution in [1.29, 1.82) is 0 Å². The van der Waals surface area contributed by atoms with Crippen LogP contribution in [0.2, 0.25) is 0 Å². The zero-order valence-electron chi connectivity index (χ0n) is 13.2. The molecular weight excluding hydrogens is 292 g/mol. The van der Waals surface area contributed by atoms with Gasteiger partial charge in [0.2, 0.25) is 0 Å². The highest BCUT2D eigenvalue weighted by Crippen LogP contribution is 2.43. The number of hydrogen-bond donors (Lipinski definition) is 1. The molecular formula is C23H16O. The van der Waals surface area contributed by atoms with Gasteiger partial charge in [-0.05, 0) is 51.3 Å². The van der Waals surface area contributed by atoms with Crippen molar-refractivity contribution in [3.8, 4) is 28.0 Å². The van der Waals surface area contributed by atoms with Crippen LogP contribution in [0.5, 0.6) is 5.75 Å². The van der Waals surface area contributed by atoms with Gasteiger partial charge in [0.05, 0.1) is 0 Å². The van der Waals surface area contributed by atoms with Crippen molar-refractivity contribution < 1.29 is 5.11 Å². The Kier molecular flexibility index (Phi) is 2.77. The second-order valence-electron chi connectivity index (χ2n) is 6.34. The highest BCUT2D eigenvalue weighted by Gasteiger charge is 2.21. The lowest BCUT2D eigenvalue weighted by molar-refractivity contribution is 0.481. The normalized spacial score (nSPS) is 12.2. The van der Waals surface area contributed by atoms with E-state index in [1.807, 2.05) is 18.2 Å². The molecule has 24 heavy (non-hydrogen) atoms. The van der Waals surface area contributed by atoms with Crippen molar-refractivity contribution in [3.63, 3.8) is 0 Å². The Labute approximate surface area is 140 Å². The Morgan fingerprint density at radius 2 is 1.17 bits per heavy atom. The fourth-order valence-corrected chi connectivity index (χ4v) is 3.94. The molecule has 0 heterocycles. The number of phenols is 1. The summed E-state index contributed by atoms with van der Waals surface area (Å²) in [4.78, 5) is 0. The van der Waals surface area contributed by atoms with Crippen molar-refractivity contribution in [2.75, 3.05) is 0 Å². The van der Waals surface area contributed by atoms with E-state index in [9.17, 15) is 5.11 Å². The minimum Gasteiger partial charge on any atom is -0.507 e. The maximum absolute atomic E-state index is 10.2. The minimum atomic E-state index is 0.338. The van der Waals surface area contributed by atoms with Gasteiger partial charge in [0.1, 0.15) is 5.75 Å². The average Bonchev–Trinajstić information content (AvgIpc) is 3.00. The van der Waals surface area contributed by atoms with E-state index in [1.165, 1.54) is 33.4 Å². The second-order valence-corrected chi connectivity index (χ2v) is 6.34. The number of hydrogen-bond acceptors (Lipinski definition) is 1. The molecule has 0 aromatic heterocycles. The fourth-order valence-electron chi connectivity index (χ4n) is 3.94. The summed E-state index contributed by atoms with van der Waals surface area (Å²) in [6.45, 7) is 0. The average molecular weight is 308 g/mol. The van der Waals surface area contributed by atoms with Crippen LogP contribution in [0.4, 0.5) is 0 Å². The van der Waals surface area contributed by atoms with Crippen LogP contribution in [0, 0.1) is 0 Å². The molecule has 1 nitrogen and oxygen atoms in total. The fraction of sp³-hybridized carbons (Fsp3) is 0.0435. The molecule has 0 bridgehead atoms. The van der Waals surface area contributed by atoms with E-state index < -0.39 is 0 Å². The first-order valence-corrected chi connectivity index (χ1v) is 8.24. The van der Waals surface area contributed by atoms with Gasteiger partial charge in [-0.25, -0.2) is 0 Å². The van der Waals surface area contributed by atoms with Gasteiger partial charge in [0, 0.05) is 5.39 Å². The molecule has 0 fully saturated rings. The van der Waals surface area contributed by atoms with E-state index in [4.69, 9.17) is 0 Å². The second kappa shape index (κ2) is 4.97. The molecule has 0 spiro atoms. The van der Waals surface area contributed by atoms with E-state index in [2.05, 4.69) is 54.6 Å². The molecule has 1 aliphatic rings. The number of rotatable bonds is 1. The van der Waals surface area contributed by atoms with Crippen LogP contribution in [0.3, 0.4) is 0 Å². The van der Waals surface area contributed by atoms with Crippen molar-refractivity contribution in [2.24, 2.45) is 0 Å². The predicted molar refractivity (Wildman–Crippen MR) is 99.3 cm³/mol. The third-order valence-electron chi connectivity index (χ3n) is 5.04. The Balaban J connectivity index is 1.81. The molecule has 0 saturated carbocycles. The quantitative estimate of drug-likeness (QED) is 0.416. The molecule has 0 amide bonds. The van der Waals surface area contributed by atoms with Crippen LogP contribution >= 0.6 is 0 Å². The topological polar surface area (TPSA) is 20.2 Å². The highest BCUT2D eigenvalue weighted by molar-refractivity contribution is 6.01. The largest absolute Gasteiger partial charge is 0.507 e. The zero-order valence-corrected chi connectivity index (χ0v) is 13.2. The molecule has 0 aliphatic heterocycles. The van der Waals surface area contributed by atoms with Crippen LogP contribution in [0.25, 0.3) is 33.0 Å². The van der Waals surface area contributed by atoms with Gasteiger partial charge < -0.3 is 5.11 Å². The molecule has 4 aromatic carbocycles. The molecule has 1 aliphatic carbocycles. The third-order valence-corrected chi connectivity index (χ3v) is 5.04. The Hall–Kier alpha value is -3.06. The van der Waals surface area contributed by atoms with Gasteiger partial charge in [-0.1, -0.05) is 72.8 Å². The summed E-state index contributed by atoms with van der Waals surface area (Å²) < 4.78 is 0. The summed E-state index contributed by atoms with van der Waals surface area (Å²) >= 11 is 0. The highest BCUT2D eigenvalue weighted by atomic mass is 16.3. The molecule has 5 rings (SSSR count). The van der Waals surface area contributed by atoms with Crippen LogP contribution in [0.1, 0.15) is 11.1 Å². The van der Waals surface area contributed by atoms with E-state index in [1.54, 1.807) is 6.07 Å². The number of aromatic hydroxyl groups is 1. The molecule has 1 N–H and O–H groups in total. The molecule has 114 valence electrons. The number of fused-ring (bicyclic) bond motifs is 4. The first-order chi connectivity index (χ1) is 11.8. The monoisotopic (exact) mass is 308 g/mol. The lowest BCUT2D eigenvalue weighted by atomic mass is 9.92. The van der Waals surface area contributed by atoms with E-state index in [0.717, 1.165) is 17.2 Å². The molecule has 1 heteroatoms. The van der Waals surface area contributed by atoms with Gasteiger partial charge in [-0.15, -0.1) is 0 Å². The maximum Gasteiger partial charge on any atom is 0.123 e. The van der Waals surface area contributed by atoms with Crippen LogP contribution in [-0.2, 0) is 6.42 Å². The lowest BCUT2D eigenvalue weighted by Gasteiger charge is -2.12. The lowest BCUT2D eigenvalue weighted by Crippen LogP contribution is -1.89. The van der Waals surface area contributed by atoms with Crippen molar-refractivity contribution in [3.05, 3.63) is 90.0 Å². The standard InChI is InChI=1S/C23H16O/c24-23-13-5-11-19-18(9-4-12-21(19)23)20-10-3-8-17-16-7-2-1-6-15(16)14-22(17)20/h1-13,24H,14H2. The SMILES string of the molecule is Oc1cccc2c(-c3cccc4c3Cc3ccccc3-4)cccc12. The summed E-state index contributed by atoms with van der Waals surface area (Å²) in [5, 5.41) is 12.2. The van der Waals surface area contributed by atoms with Gasteiger partial charge in [0.15, 0.2) is 0 Å². The van der Waals surface area contributed by atoms with Crippen LogP contribution in [0.15, 0.2) is 78.9 Å². The number of benzene rings is 4. The summed E-state index contributed by atoms with van der Waals surface area (Å²) in [7, 11) is 0. The predicted octanol–water partition coefficient (Wildman–Crippen LogP) is 5.78. The zero-order chi connectivity index (χ0) is 16.1. The van der Waals surface area contributed by atoms with Crippen molar-refractivity contribution in [2.45, 2.75) is 6.42 Å². The summed E-state index contributed by atoms with van der Waals surface area (Å²) in [5.74, 6) is 0.338. The van der Waals surface area contributed by atoms with Gasteiger partial charge in [-0.3, -0.25) is 0 Å². The third kappa shape index (κ3) is 1.82. The van der Waals surface area contributed by atoms with Gasteiger partial charge >= 0.3 is 0 Å².